The highest BCUT2D eigenvalue weighted by Gasteiger charge is 1.99. The molecule has 0 spiro atoms. The highest BCUT2D eigenvalue weighted by Crippen LogP contribution is 1.99. The number of ketones is 1. The minimum absolute atomic E-state index is 0.0370. The summed E-state index contributed by atoms with van der Waals surface area (Å²) in [5.41, 5.74) is 6.37. The lowest BCUT2D eigenvalue weighted by molar-refractivity contribution is -0.113. The normalized spacial score (nSPS) is 12.2. The van der Waals surface area contributed by atoms with E-state index in [-0.39, 0.29) is 5.78 Å². The second-order valence-electron chi connectivity index (χ2n) is 1.86. The molecule has 2 heteroatoms. The predicted octanol–water partition coefficient (Wildman–Crippen LogP) is 0.994. The van der Waals surface area contributed by atoms with E-state index in [4.69, 9.17) is 5.73 Å². The molecule has 0 atom stereocenters. The summed E-state index contributed by atoms with van der Waals surface area (Å²) in [5, 5.41) is 0. The van der Waals surface area contributed by atoms with Crippen LogP contribution in [-0.4, -0.2) is 5.78 Å². The topological polar surface area (TPSA) is 43.1 Å². The maximum Gasteiger partial charge on any atom is 0.161 e. The number of allylic oxidation sites excluding steroid dienone is 3. The van der Waals surface area contributed by atoms with Crippen molar-refractivity contribution in [3.05, 3.63) is 23.9 Å². The van der Waals surface area contributed by atoms with Crippen LogP contribution in [0.5, 0.6) is 0 Å². The van der Waals surface area contributed by atoms with E-state index in [2.05, 4.69) is 6.58 Å². The van der Waals surface area contributed by atoms with Crippen molar-refractivity contribution in [2.75, 3.05) is 0 Å². The Balaban J connectivity index is 4.55. The van der Waals surface area contributed by atoms with Gasteiger partial charge >= 0.3 is 0 Å². The number of carbonyl (C=O) groups is 1. The molecule has 0 saturated heterocycles. The molecule has 0 saturated carbocycles. The van der Waals surface area contributed by atoms with E-state index >= 15 is 0 Å². The Morgan fingerprint density at radius 3 is 2.00 bits per heavy atom. The lowest BCUT2D eigenvalue weighted by Crippen LogP contribution is -2.02. The Hall–Kier alpha value is -1.05. The van der Waals surface area contributed by atoms with Crippen LogP contribution in [0.3, 0.4) is 0 Å². The summed E-state index contributed by atoms with van der Waals surface area (Å²) in [5.74, 6) is -0.0370. The minimum atomic E-state index is -0.0370. The number of nitrogens with two attached hydrogens (primary N) is 1. The maximum absolute atomic E-state index is 10.6. The molecule has 0 aromatic rings. The molecular weight excluding hydrogens is 114 g/mol. The smallest absolute Gasteiger partial charge is 0.161 e. The fraction of sp³-hybridized carbons (Fsp3) is 0.286. The standard InChI is InChI=1S/C7H11NO/c1-4-7(5(2)8)6(3)9/h4H,1,8H2,2-3H3. The van der Waals surface area contributed by atoms with E-state index in [9.17, 15) is 4.79 Å². The molecule has 0 unspecified atom stereocenters. The summed E-state index contributed by atoms with van der Waals surface area (Å²) < 4.78 is 0. The van der Waals surface area contributed by atoms with Crippen LogP contribution in [0.4, 0.5) is 0 Å². The van der Waals surface area contributed by atoms with Gasteiger partial charge in [0.15, 0.2) is 5.78 Å². The third-order valence-electron chi connectivity index (χ3n) is 1.01. The zero-order valence-electron chi connectivity index (χ0n) is 5.77. The molecule has 0 aromatic heterocycles. The van der Waals surface area contributed by atoms with Crippen LogP contribution in [0.25, 0.3) is 0 Å². The molecule has 0 aliphatic carbocycles. The van der Waals surface area contributed by atoms with E-state index in [1.807, 2.05) is 0 Å². The quantitative estimate of drug-likeness (QED) is 0.442. The zero-order chi connectivity index (χ0) is 7.44. The number of carbonyl (C=O) groups excluding carboxylic acids is 1. The van der Waals surface area contributed by atoms with Gasteiger partial charge in [-0.05, 0) is 13.8 Å². The van der Waals surface area contributed by atoms with Crippen molar-refractivity contribution >= 4 is 5.78 Å². The summed E-state index contributed by atoms with van der Waals surface area (Å²) in [6, 6.07) is 0. The van der Waals surface area contributed by atoms with E-state index < -0.39 is 0 Å². The molecule has 0 aromatic carbocycles. The van der Waals surface area contributed by atoms with Gasteiger partial charge in [0.25, 0.3) is 0 Å². The molecule has 0 radical (unpaired) electrons. The molecule has 50 valence electrons. The van der Waals surface area contributed by atoms with Gasteiger partial charge in [-0.15, -0.1) is 0 Å². The average molecular weight is 125 g/mol. The van der Waals surface area contributed by atoms with Gasteiger partial charge in [0, 0.05) is 11.3 Å². The number of Topliss-reactive ketones (excluding diaryl/α,β-unsaturated/α-hetero) is 1. The Morgan fingerprint density at radius 2 is 2.00 bits per heavy atom. The predicted molar refractivity (Wildman–Crippen MR) is 37.8 cm³/mol. The molecule has 0 bridgehead atoms. The third-order valence-corrected chi connectivity index (χ3v) is 1.01. The fourth-order valence-corrected chi connectivity index (χ4v) is 0.582. The minimum Gasteiger partial charge on any atom is -0.402 e. The van der Waals surface area contributed by atoms with Gasteiger partial charge in [-0.25, -0.2) is 0 Å². The molecule has 0 heterocycles. The van der Waals surface area contributed by atoms with Crippen LogP contribution in [-0.2, 0) is 4.79 Å². The van der Waals surface area contributed by atoms with Gasteiger partial charge in [0.2, 0.25) is 0 Å². The summed E-state index contributed by atoms with van der Waals surface area (Å²) in [4.78, 5) is 10.6. The largest absolute Gasteiger partial charge is 0.402 e. The van der Waals surface area contributed by atoms with Gasteiger partial charge in [0.05, 0.1) is 0 Å². The molecule has 0 aliphatic heterocycles. The summed E-state index contributed by atoms with van der Waals surface area (Å²) in [7, 11) is 0. The van der Waals surface area contributed by atoms with Crippen molar-refractivity contribution in [3.63, 3.8) is 0 Å². The van der Waals surface area contributed by atoms with Crippen molar-refractivity contribution in [1.82, 2.24) is 0 Å². The van der Waals surface area contributed by atoms with E-state index in [1.165, 1.54) is 13.0 Å². The number of hydrogen-bond donors (Lipinski definition) is 1. The van der Waals surface area contributed by atoms with E-state index in [1.54, 1.807) is 6.92 Å². The Kier molecular flexibility index (Phi) is 2.71. The van der Waals surface area contributed by atoms with Gasteiger partial charge in [0.1, 0.15) is 0 Å². The highest BCUT2D eigenvalue weighted by atomic mass is 16.1. The first-order chi connectivity index (χ1) is 4.09. The summed E-state index contributed by atoms with van der Waals surface area (Å²) in [6.07, 6.45) is 1.47. The molecule has 0 fully saturated rings. The molecule has 2 nitrogen and oxygen atoms in total. The maximum atomic E-state index is 10.6. The van der Waals surface area contributed by atoms with Crippen molar-refractivity contribution in [3.8, 4) is 0 Å². The highest BCUT2D eigenvalue weighted by molar-refractivity contribution is 5.96. The van der Waals surface area contributed by atoms with Crippen LogP contribution in [0.2, 0.25) is 0 Å². The van der Waals surface area contributed by atoms with Crippen molar-refractivity contribution in [2.45, 2.75) is 13.8 Å². The van der Waals surface area contributed by atoms with Crippen molar-refractivity contribution in [1.29, 1.82) is 0 Å². The molecule has 9 heavy (non-hydrogen) atoms. The fourth-order valence-electron chi connectivity index (χ4n) is 0.582. The SMILES string of the molecule is C=CC(C(C)=O)=C(C)N. The van der Waals surface area contributed by atoms with Crippen LogP contribution in [0.15, 0.2) is 23.9 Å². The second-order valence-corrected chi connectivity index (χ2v) is 1.86. The van der Waals surface area contributed by atoms with Crippen LogP contribution in [0.1, 0.15) is 13.8 Å². The molecule has 0 aliphatic rings. The monoisotopic (exact) mass is 125 g/mol. The average Bonchev–Trinajstić information content (AvgIpc) is 1.64. The van der Waals surface area contributed by atoms with Gasteiger partial charge in [-0.2, -0.15) is 0 Å². The summed E-state index contributed by atoms with van der Waals surface area (Å²) in [6.45, 7) is 6.59. The molecule has 0 rings (SSSR count). The zero-order valence-corrected chi connectivity index (χ0v) is 5.77. The lowest BCUT2D eigenvalue weighted by Gasteiger charge is -1.96. The Bertz CT molecular complexity index is 164. The van der Waals surface area contributed by atoms with Gasteiger partial charge in [-0.1, -0.05) is 12.7 Å². The van der Waals surface area contributed by atoms with Crippen LogP contribution >= 0.6 is 0 Å². The van der Waals surface area contributed by atoms with Crippen LogP contribution in [0, 0.1) is 0 Å². The first-order valence-corrected chi connectivity index (χ1v) is 2.69. The van der Waals surface area contributed by atoms with Crippen molar-refractivity contribution in [2.24, 2.45) is 5.73 Å². The van der Waals surface area contributed by atoms with Crippen molar-refractivity contribution < 1.29 is 4.79 Å². The third kappa shape index (κ3) is 2.13. The Morgan fingerprint density at radius 1 is 1.56 bits per heavy atom. The number of rotatable bonds is 2. The lowest BCUT2D eigenvalue weighted by atomic mass is 10.1. The molecule has 0 amide bonds. The van der Waals surface area contributed by atoms with E-state index in [0.29, 0.717) is 11.3 Å². The first-order valence-electron chi connectivity index (χ1n) is 2.69. The second kappa shape index (κ2) is 3.07. The van der Waals surface area contributed by atoms with Crippen LogP contribution < -0.4 is 5.73 Å². The molecular formula is C7H11NO. The molecule has 2 N–H and O–H groups in total. The van der Waals surface area contributed by atoms with Gasteiger partial charge in [-0.3, -0.25) is 4.79 Å². The van der Waals surface area contributed by atoms with E-state index in [0.717, 1.165) is 0 Å². The van der Waals surface area contributed by atoms with Gasteiger partial charge < -0.3 is 5.73 Å². The first kappa shape index (κ1) is 7.95. The summed E-state index contributed by atoms with van der Waals surface area (Å²) >= 11 is 0. The number of hydrogen-bond acceptors (Lipinski definition) is 2. The Labute approximate surface area is 55.1 Å².